The Morgan fingerprint density at radius 3 is 2.66 bits per heavy atom. The predicted molar refractivity (Wildman–Crippen MR) is 123 cm³/mol. The third-order valence-corrected chi connectivity index (χ3v) is 5.48. The average molecular weight is 427 g/mol. The van der Waals surface area contributed by atoms with Gasteiger partial charge in [-0.1, -0.05) is 55.8 Å². The highest BCUT2D eigenvalue weighted by molar-refractivity contribution is 7.80. The van der Waals surface area contributed by atoms with Crippen molar-refractivity contribution in [3.8, 4) is 11.3 Å². The molecule has 6 heteroatoms. The van der Waals surface area contributed by atoms with Crippen LogP contribution in [0, 0.1) is 6.92 Å². The van der Waals surface area contributed by atoms with Crippen molar-refractivity contribution in [3.63, 3.8) is 0 Å². The molecule has 29 heavy (non-hydrogen) atoms. The highest BCUT2D eigenvalue weighted by atomic mass is 35.5. The molecule has 0 saturated carbocycles. The van der Waals surface area contributed by atoms with Gasteiger partial charge in [0.1, 0.15) is 5.76 Å². The topological polar surface area (TPSA) is 54.3 Å². The zero-order valence-corrected chi connectivity index (χ0v) is 18.2. The minimum Gasteiger partial charge on any atom is -0.451 e. The van der Waals surface area contributed by atoms with E-state index in [9.17, 15) is 4.79 Å². The molecule has 3 aromatic rings. The van der Waals surface area contributed by atoms with Crippen LogP contribution < -0.4 is 10.6 Å². The fraction of sp³-hybridized carbons (Fsp3) is 0.217. The lowest BCUT2D eigenvalue weighted by Crippen LogP contribution is -2.34. The Labute approximate surface area is 181 Å². The summed E-state index contributed by atoms with van der Waals surface area (Å²) in [6.45, 7) is 6.22. The summed E-state index contributed by atoms with van der Waals surface area (Å²) in [5.41, 5.74) is 3.83. The molecular formula is C23H23ClN2O2S. The second kappa shape index (κ2) is 9.25. The molecule has 150 valence electrons. The van der Waals surface area contributed by atoms with E-state index in [4.69, 9.17) is 28.2 Å². The smallest absolute Gasteiger partial charge is 0.293 e. The summed E-state index contributed by atoms with van der Waals surface area (Å²) >= 11 is 11.5. The van der Waals surface area contributed by atoms with Crippen molar-refractivity contribution < 1.29 is 9.21 Å². The van der Waals surface area contributed by atoms with Gasteiger partial charge in [-0.15, -0.1) is 0 Å². The Kier molecular flexibility index (Phi) is 6.72. The van der Waals surface area contributed by atoms with Crippen LogP contribution in [0.2, 0.25) is 5.02 Å². The molecule has 2 aromatic carbocycles. The van der Waals surface area contributed by atoms with E-state index >= 15 is 0 Å². The van der Waals surface area contributed by atoms with Crippen molar-refractivity contribution in [2.24, 2.45) is 0 Å². The number of halogens is 1. The van der Waals surface area contributed by atoms with Gasteiger partial charge in [0.25, 0.3) is 5.91 Å². The molecule has 1 heterocycles. The first kappa shape index (κ1) is 21.1. The lowest BCUT2D eigenvalue weighted by molar-refractivity contribution is 0.0951. The van der Waals surface area contributed by atoms with Crippen LogP contribution in [0.25, 0.3) is 11.3 Å². The van der Waals surface area contributed by atoms with Gasteiger partial charge < -0.3 is 9.73 Å². The largest absolute Gasteiger partial charge is 0.451 e. The van der Waals surface area contributed by atoms with Gasteiger partial charge in [0.2, 0.25) is 0 Å². The lowest BCUT2D eigenvalue weighted by Gasteiger charge is -2.16. The van der Waals surface area contributed by atoms with Gasteiger partial charge in [0.15, 0.2) is 10.9 Å². The van der Waals surface area contributed by atoms with E-state index in [-0.39, 0.29) is 10.9 Å². The van der Waals surface area contributed by atoms with Gasteiger partial charge in [0.05, 0.1) is 0 Å². The molecule has 1 atom stereocenters. The predicted octanol–water partition coefficient (Wildman–Crippen LogP) is 6.55. The number of furan rings is 1. The van der Waals surface area contributed by atoms with Crippen LogP contribution in [0.15, 0.2) is 59.0 Å². The van der Waals surface area contributed by atoms with Crippen LogP contribution >= 0.6 is 23.8 Å². The van der Waals surface area contributed by atoms with Crippen LogP contribution in [-0.2, 0) is 0 Å². The third kappa shape index (κ3) is 5.05. The van der Waals surface area contributed by atoms with Crippen LogP contribution in [0.4, 0.5) is 5.69 Å². The molecule has 0 aliphatic rings. The Morgan fingerprint density at radius 2 is 1.93 bits per heavy atom. The number of hydrogen-bond donors (Lipinski definition) is 2. The number of amides is 1. The van der Waals surface area contributed by atoms with E-state index in [1.54, 1.807) is 12.1 Å². The maximum atomic E-state index is 12.5. The van der Waals surface area contributed by atoms with Crippen molar-refractivity contribution in [1.82, 2.24) is 5.32 Å². The number of carbonyl (C=O) groups is 1. The second-order valence-electron chi connectivity index (χ2n) is 6.93. The van der Waals surface area contributed by atoms with Gasteiger partial charge in [-0.05, 0) is 66.9 Å². The van der Waals surface area contributed by atoms with E-state index in [2.05, 4.69) is 30.5 Å². The fourth-order valence-electron chi connectivity index (χ4n) is 2.94. The van der Waals surface area contributed by atoms with Crippen molar-refractivity contribution in [3.05, 3.63) is 76.5 Å². The number of thiocarbonyl (C=S) groups is 1. The number of carbonyl (C=O) groups excluding carboxylic acids is 1. The van der Waals surface area contributed by atoms with E-state index < -0.39 is 5.91 Å². The van der Waals surface area contributed by atoms with E-state index in [1.807, 2.05) is 43.3 Å². The van der Waals surface area contributed by atoms with E-state index in [0.717, 1.165) is 28.8 Å². The molecule has 0 fully saturated rings. The first-order chi connectivity index (χ1) is 13.9. The molecule has 1 aromatic heterocycles. The van der Waals surface area contributed by atoms with E-state index in [1.165, 1.54) is 0 Å². The second-order valence-corrected chi connectivity index (χ2v) is 7.75. The SMILES string of the molecule is CCC(C)c1ccccc1NC(=S)NC(=O)c1ccc(-c2ccc(C)c(Cl)c2)o1. The molecule has 1 unspecified atom stereocenters. The number of hydrogen-bond acceptors (Lipinski definition) is 3. The summed E-state index contributed by atoms with van der Waals surface area (Å²) in [6.07, 6.45) is 1.01. The summed E-state index contributed by atoms with van der Waals surface area (Å²) in [7, 11) is 0. The number of benzene rings is 2. The molecule has 0 aliphatic heterocycles. The summed E-state index contributed by atoms with van der Waals surface area (Å²) in [4.78, 5) is 12.5. The molecule has 0 spiro atoms. The van der Waals surface area contributed by atoms with E-state index in [0.29, 0.717) is 16.7 Å². The molecule has 4 nitrogen and oxygen atoms in total. The zero-order chi connectivity index (χ0) is 21.0. The maximum absolute atomic E-state index is 12.5. The average Bonchev–Trinajstić information content (AvgIpc) is 3.20. The molecule has 1 amide bonds. The van der Waals surface area contributed by atoms with Crippen LogP contribution in [0.1, 0.15) is 47.9 Å². The first-order valence-electron chi connectivity index (χ1n) is 9.46. The molecule has 2 N–H and O–H groups in total. The van der Waals surface area contributed by atoms with Crippen molar-refractivity contribution in [2.45, 2.75) is 33.1 Å². The molecular weight excluding hydrogens is 404 g/mol. The maximum Gasteiger partial charge on any atom is 0.293 e. The molecule has 3 rings (SSSR count). The van der Waals surface area contributed by atoms with Gasteiger partial charge in [0, 0.05) is 16.3 Å². The highest BCUT2D eigenvalue weighted by Gasteiger charge is 2.15. The normalized spacial score (nSPS) is 11.7. The Hall–Kier alpha value is -2.63. The number of para-hydroxylation sites is 1. The monoisotopic (exact) mass is 426 g/mol. The minimum atomic E-state index is -0.409. The number of aryl methyl sites for hydroxylation is 1. The highest BCUT2D eigenvalue weighted by Crippen LogP contribution is 2.28. The molecule has 0 bridgehead atoms. The van der Waals surface area contributed by atoms with Gasteiger partial charge in [-0.2, -0.15) is 0 Å². The van der Waals surface area contributed by atoms with Crippen molar-refractivity contribution in [2.75, 3.05) is 5.32 Å². The molecule has 0 aliphatic carbocycles. The van der Waals surface area contributed by atoms with Gasteiger partial charge >= 0.3 is 0 Å². The Bertz CT molecular complexity index is 1040. The minimum absolute atomic E-state index is 0.177. The fourth-order valence-corrected chi connectivity index (χ4v) is 3.32. The summed E-state index contributed by atoms with van der Waals surface area (Å²) in [5.74, 6) is 0.716. The summed E-state index contributed by atoms with van der Waals surface area (Å²) in [6, 6.07) is 16.9. The number of anilines is 1. The van der Waals surface area contributed by atoms with Crippen LogP contribution in [0.5, 0.6) is 0 Å². The molecule has 0 radical (unpaired) electrons. The Balaban J connectivity index is 1.69. The molecule has 0 saturated heterocycles. The van der Waals surface area contributed by atoms with Crippen LogP contribution in [0.3, 0.4) is 0 Å². The van der Waals surface area contributed by atoms with Gasteiger partial charge in [-0.25, -0.2) is 0 Å². The zero-order valence-electron chi connectivity index (χ0n) is 16.6. The third-order valence-electron chi connectivity index (χ3n) is 4.87. The first-order valence-corrected chi connectivity index (χ1v) is 10.2. The standard InChI is InChI=1S/C23H23ClN2O2S/c1-4-14(2)17-7-5-6-8-19(17)25-23(29)26-22(27)21-12-11-20(28-21)16-10-9-15(3)18(24)13-16/h5-14H,4H2,1-3H3,(H2,25,26,27,29). The van der Waals surface area contributed by atoms with Crippen LogP contribution in [-0.4, -0.2) is 11.0 Å². The number of rotatable bonds is 5. The van der Waals surface area contributed by atoms with Crippen molar-refractivity contribution in [1.29, 1.82) is 0 Å². The summed E-state index contributed by atoms with van der Waals surface area (Å²) < 4.78 is 5.70. The lowest BCUT2D eigenvalue weighted by atomic mass is 9.97. The van der Waals surface area contributed by atoms with Gasteiger partial charge in [-0.3, -0.25) is 10.1 Å². The quantitative estimate of drug-likeness (QED) is 0.454. The Morgan fingerprint density at radius 1 is 1.17 bits per heavy atom. The number of nitrogens with one attached hydrogen (secondary N) is 2. The summed E-state index contributed by atoms with van der Waals surface area (Å²) in [5, 5.41) is 6.67. The van der Waals surface area contributed by atoms with Crippen molar-refractivity contribution >= 4 is 40.5 Å².